The summed E-state index contributed by atoms with van der Waals surface area (Å²) in [4.78, 5) is 37.6. The first-order valence-corrected chi connectivity index (χ1v) is 10.6. The number of benzene rings is 1. The summed E-state index contributed by atoms with van der Waals surface area (Å²) in [6.45, 7) is 2.83. The Morgan fingerprint density at radius 2 is 1.93 bits per heavy atom. The lowest BCUT2D eigenvalue weighted by Crippen LogP contribution is -2.49. The van der Waals surface area contributed by atoms with Crippen LogP contribution in [0.3, 0.4) is 0 Å². The van der Waals surface area contributed by atoms with Gasteiger partial charge in [0.15, 0.2) is 0 Å². The average molecular weight is 411 g/mol. The second-order valence-electron chi connectivity index (χ2n) is 6.54. The normalized spacial score (nSPS) is 17.1. The van der Waals surface area contributed by atoms with Crippen molar-refractivity contribution in [2.24, 2.45) is 11.1 Å². The molecule has 1 unspecified atom stereocenters. The molecule has 9 nitrogen and oxygen atoms in total. The van der Waals surface area contributed by atoms with Crippen LogP contribution < -0.4 is 10.5 Å². The summed E-state index contributed by atoms with van der Waals surface area (Å²) < 4.78 is 27.4. The fourth-order valence-electron chi connectivity index (χ4n) is 3.00. The maximum absolute atomic E-state index is 12.3. The summed E-state index contributed by atoms with van der Waals surface area (Å²) in [5.41, 5.74) is 0.792. The number of ether oxygens (including phenoxy) is 1. The molecule has 1 fully saturated rings. The monoisotopic (exact) mass is 411 g/mol. The largest absolute Gasteiger partial charge is 0.466 e. The number of amides is 2. The molecule has 2 rings (SSSR count). The summed E-state index contributed by atoms with van der Waals surface area (Å²) in [5, 5.41) is 7.59. The quantitative estimate of drug-likeness (QED) is 0.491. The van der Waals surface area contributed by atoms with Gasteiger partial charge in [0.25, 0.3) is 0 Å². The number of sulfonamides is 1. The van der Waals surface area contributed by atoms with Crippen LogP contribution in [0, 0.1) is 5.92 Å². The van der Waals surface area contributed by atoms with E-state index < -0.39 is 27.8 Å². The zero-order chi connectivity index (χ0) is 20.7. The smallest absolute Gasteiger partial charge is 0.311 e. The number of esters is 1. The van der Waals surface area contributed by atoms with E-state index in [0.717, 1.165) is 5.56 Å². The number of nitrogens with two attached hydrogens (primary N) is 1. The molecule has 0 bridgehead atoms. The Balaban J connectivity index is 1.82. The molecule has 1 aliphatic heterocycles. The second kappa shape index (κ2) is 9.65. The average Bonchev–Trinajstić information content (AvgIpc) is 2.67. The molecule has 0 aromatic heterocycles. The number of piperidine rings is 1. The molecule has 2 amide bonds. The van der Waals surface area contributed by atoms with Gasteiger partial charge >= 0.3 is 17.8 Å². The molecule has 1 aliphatic rings. The first-order valence-electron chi connectivity index (χ1n) is 9.08. The van der Waals surface area contributed by atoms with E-state index in [2.05, 4.69) is 5.32 Å². The molecule has 0 saturated carbocycles. The number of carbonyl (C=O) groups excluding carboxylic acids is 3. The second-order valence-corrected chi connectivity index (χ2v) is 8.10. The van der Waals surface area contributed by atoms with Gasteiger partial charge in [-0.25, -0.2) is 13.6 Å². The van der Waals surface area contributed by atoms with Gasteiger partial charge < -0.3 is 15.0 Å². The predicted molar refractivity (Wildman–Crippen MR) is 100 cm³/mol. The minimum absolute atomic E-state index is 0.0108. The third kappa shape index (κ3) is 6.03. The first-order chi connectivity index (χ1) is 13.2. The zero-order valence-electron chi connectivity index (χ0n) is 15.7. The molecule has 154 valence electrons. The fraction of sp³-hybridized carbons (Fsp3) is 0.500. The molecule has 1 saturated heterocycles. The lowest BCUT2D eigenvalue weighted by molar-refractivity contribution is -0.154. The molecule has 0 radical (unpaired) electrons. The van der Waals surface area contributed by atoms with Crippen molar-refractivity contribution in [2.75, 3.05) is 26.2 Å². The van der Waals surface area contributed by atoms with Crippen molar-refractivity contribution in [3.8, 4) is 0 Å². The van der Waals surface area contributed by atoms with E-state index in [-0.39, 0.29) is 30.6 Å². The van der Waals surface area contributed by atoms with Crippen molar-refractivity contribution >= 4 is 27.8 Å². The highest BCUT2D eigenvalue weighted by Gasteiger charge is 2.31. The van der Waals surface area contributed by atoms with Crippen molar-refractivity contribution in [2.45, 2.75) is 31.1 Å². The molecule has 0 aliphatic carbocycles. The van der Waals surface area contributed by atoms with Crippen LogP contribution >= 0.6 is 0 Å². The third-order valence-electron chi connectivity index (χ3n) is 4.47. The third-order valence-corrected chi connectivity index (χ3v) is 5.40. The number of likely N-dealkylation sites (tertiary alicyclic amines) is 1. The van der Waals surface area contributed by atoms with Crippen LogP contribution in [-0.2, 0) is 35.6 Å². The lowest BCUT2D eigenvalue weighted by Gasteiger charge is -2.30. The number of primary sulfonamides is 1. The molecule has 10 heteroatoms. The zero-order valence-corrected chi connectivity index (χ0v) is 16.5. The standard InChI is InChI=1S/C18H25N3O6S/c1-2-27-18(24)14-4-3-11-21(12-14)17(23)16(22)20-10-9-13-5-7-15(8-6-13)28(19,25)26/h5-8,14H,2-4,9-12H2,1H3,(H,20,22)(H2,19,25,26). The van der Waals surface area contributed by atoms with E-state index in [1.807, 2.05) is 0 Å². The van der Waals surface area contributed by atoms with Crippen LogP contribution in [0.25, 0.3) is 0 Å². The summed E-state index contributed by atoms with van der Waals surface area (Å²) >= 11 is 0. The van der Waals surface area contributed by atoms with Crippen LogP contribution in [0.4, 0.5) is 0 Å². The van der Waals surface area contributed by atoms with Crippen molar-refractivity contribution in [1.82, 2.24) is 10.2 Å². The maximum Gasteiger partial charge on any atom is 0.311 e. The van der Waals surface area contributed by atoms with Gasteiger partial charge in [0, 0.05) is 19.6 Å². The van der Waals surface area contributed by atoms with Crippen LogP contribution in [0.5, 0.6) is 0 Å². The number of hydrogen-bond donors (Lipinski definition) is 2. The van der Waals surface area contributed by atoms with Gasteiger partial charge in [-0.1, -0.05) is 12.1 Å². The van der Waals surface area contributed by atoms with Crippen LogP contribution in [0.15, 0.2) is 29.2 Å². The maximum atomic E-state index is 12.3. The molecule has 1 aromatic carbocycles. The molecular weight excluding hydrogens is 386 g/mol. The Morgan fingerprint density at radius 3 is 2.54 bits per heavy atom. The van der Waals surface area contributed by atoms with Gasteiger partial charge in [-0.3, -0.25) is 14.4 Å². The molecule has 3 N–H and O–H groups in total. The van der Waals surface area contributed by atoms with E-state index in [9.17, 15) is 22.8 Å². The van der Waals surface area contributed by atoms with Gasteiger partial charge in [0.05, 0.1) is 17.4 Å². The van der Waals surface area contributed by atoms with Crippen molar-refractivity contribution < 1.29 is 27.5 Å². The van der Waals surface area contributed by atoms with E-state index in [1.54, 1.807) is 19.1 Å². The lowest BCUT2D eigenvalue weighted by atomic mass is 9.98. The molecule has 1 aromatic rings. The Morgan fingerprint density at radius 1 is 1.25 bits per heavy atom. The minimum atomic E-state index is -3.74. The Labute approximate surface area is 164 Å². The van der Waals surface area contributed by atoms with Gasteiger partial charge in [0.1, 0.15) is 0 Å². The van der Waals surface area contributed by atoms with Crippen LogP contribution in [0.2, 0.25) is 0 Å². The molecule has 28 heavy (non-hydrogen) atoms. The summed E-state index contributed by atoms with van der Waals surface area (Å²) in [6.07, 6.45) is 1.70. The van der Waals surface area contributed by atoms with Crippen molar-refractivity contribution in [1.29, 1.82) is 0 Å². The van der Waals surface area contributed by atoms with Crippen molar-refractivity contribution in [3.05, 3.63) is 29.8 Å². The molecular formula is C18H25N3O6S. The first kappa shape index (κ1) is 21.8. The summed E-state index contributed by atoms with van der Waals surface area (Å²) in [7, 11) is -3.74. The highest BCUT2D eigenvalue weighted by molar-refractivity contribution is 7.89. The van der Waals surface area contributed by atoms with Gasteiger partial charge in [-0.15, -0.1) is 0 Å². The van der Waals surface area contributed by atoms with Crippen molar-refractivity contribution in [3.63, 3.8) is 0 Å². The molecule has 1 atom stereocenters. The van der Waals surface area contributed by atoms with E-state index >= 15 is 0 Å². The van der Waals surface area contributed by atoms with E-state index in [1.165, 1.54) is 17.0 Å². The van der Waals surface area contributed by atoms with Gasteiger partial charge in [-0.05, 0) is 43.9 Å². The summed E-state index contributed by atoms with van der Waals surface area (Å²) in [5.74, 6) is -2.14. The number of carbonyl (C=O) groups is 3. The van der Waals surface area contributed by atoms with Crippen LogP contribution in [-0.4, -0.2) is 57.3 Å². The Kier molecular flexibility index (Phi) is 7.53. The molecule has 0 spiro atoms. The predicted octanol–water partition coefficient (Wildman–Crippen LogP) is -0.206. The number of hydrogen-bond acceptors (Lipinski definition) is 6. The highest BCUT2D eigenvalue weighted by Crippen LogP contribution is 2.18. The number of nitrogens with one attached hydrogen (secondary N) is 1. The molecule has 1 heterocycles. The van der Waals surface area contributed by atoms with Gasteiger partial charge in [-0.2, -0.15) is 0 Å². The number of rotatable bonds is 6. The summed E-state index contributed by atoms with van der Waals surface area (Å²) in [6, 6.07) is 5.98. The fourth-order valence-corrected chi connectivity index (χ4v) is 3.51. The van der Waals surface area contributed by atoms with E-state index in [0.29, 0.717) is 25.8 Å². The highest BCUT2D eigenvalue weighted by atomic mass is 32.2. The Bertz CT molecular complexity index is 822. The van der Waals surface area contributed by atoms with Crippen LogP contribution in [0.1, 0.15) is 25.3 Å². The minimum Gasteiger partial charge on any atom is -0.466 e. The topological polar surface area (TPSA) is 136 Å². The van der Waals surface area contributed by atoms with Gasteiger partial charge in [0.2, 0.25) is 10.0 Å². The van der Waals surface area contributed by atoms with E-state index in [4.69, 9.17) is 9.88 Å². The number of nitrogens with zero attached hydrogens (tertiary/aromatic N) is 1. The Hall–Kier alpha value is -2.46. The SMILES string of the molecule is CCOC(=O)C1CCCN(C(=O)C(=O)NCCc2ccc(S(N)(=O)=O)cc2)C1.